The summed E-state index contributed by atoms with van der Waals surface area (Å²) in [6.45, 7) is 0. The summed E-state index contributed by atoms with van der Waals surface area (Å²) >= 11 is 0. The number of aliphatic imine (C=N–C) groups is 2. The molecular weight excluding hydrogens is 290 g/mol. The summed E-state index contributed by atoms with van der Waals surface area (Å²) < 4.78 is 0. The summed E-state index contributed by atoms with van der Waals surface area (Å²) in [5, 5.41) is 16.8. The van der Waals surface area contributed by atoms with Crippen molar-refractivity contribution in [2.24, 2.45) is 9.98 Å². The maximum Gasteiger partial charge on any atom is 0.159 e. The van der Waals surface area contributed by atoms with Gasteiger partial charge in [0, 0.05) is 33.9 Å². The van der Waals surface area contributed by atoms with Crippen LogP contribution in [0.25, 0.3) is 0 Å². The lowest BCUT2D eigenvalue weighted by molar-refractivity contribution is 0.641. The van der Waals surface area contributed by atoms with E-state index in [1.54, 1.807) is 22.5 Å². The summed E-state index contributed by atoms with van der Waals surface area (Å²) in [7, 11) is 7.41. The van der Waals surface area contributed by atoms with Crippen molar-refractivity contribution in [2.45, 2.75) is 0 Å². The van der Waals surface area contributed by atoms with E-state index in [1.165, 1.54) is 4.90 Å². The third kappa shape index (κ3) is 3.63. The van der Waals surface area contributed by atoms with Gasteiger partial charge in [0.15, 0.2) is 11.7 Å². The molecule has 1 aromatic carbocycles. The van der Waals surface area contributed by atoms with Crippen molar-refractivity contribution in [3.63, 3.8) is 0 Å². The summed E-state index contributed by atoms with van der Waals surface area (Å²) in [5.41, 5.74) is 1.51. The van der Waals surface area contributed by atoms with E-state index < -0.39 is 0 Å². The monoisotopic (exact) mass is 311 g/mol. The summed E-state index contributed by atoms with van der Waals surface area (Å²) in [6.07, 6.45) is 3.22. The van der Waals surface area contributed by atoms with Crippen molar-refractivity contribution < 1.29 is 0 Å². The molecule has 2 N–H and O–H groups in total. The first-order valence-electron chi connectivity index (χ1n) is 7.10. The van der Waals surface area contributed by atoms with Crippen LogP contribution >= 0.6 is 0 Å². The number of nitrogens with zero attached hydrogens (tertiary/aromatic N) is 5. The second kappa shape index (κ2) is 6.87. The molecule has 0 bridgehead atoms. The van der Waals surface area contributed by atoms with Crippen LogP contribution in [-0.2, 0) is 0 Å². The van der Waals surface area contributed by atoms with Gasteiger partial charge < -0.3 is 9.80 Å². The second-order valence-electron chi connectivity index (χ2n) is 5.48. The molecule has 0 saturated carbocycles. The van der Waals surface area contributed by atoms with Crippen molar-refractivity contribution in [1.82, 2.24) is 9.80 Å². The summed E-state index contributed by atoms with van der Waals surface area (Å²) in [5.74, 6) is 0.287. The maximum atomic E-state index is 8.40. The number of rotatable bonds is 5. The van der Waals surface area contributed by atoms with Gasteiger partial charge in [-0.1, -0.05) is 18.2 Å². The molecule has 23 heavy (non-hydrogen) atoms. The van der Waals surface area contributed by atoms with Gasteiger partial charge in [-0.15, -0.1) is 0 Å². The van der Waals surface area contributed by atoms with Gasteiger partial charge in [0.25, 0.3) is 0 Å². The van der Waals surface area contributed by atoms with E-state index >= 15 is 0 Å². The molecule has 1 aromatic rings. The molecule has 0 spiro atoms. The summed E-state index contributed by atoms with van der Waals surface area (Å²) in [4.78, 5) is 13.8. The quantitative estimate of drug-likeness (QED) is 0.643. The van der Waals surface area contributed by atoms with E-state index in [2.05, 4.69) is 9.98 Å². The molecule has 0 atom stereocenters. The van der Waals surface area contributed by atoms with Gasteiger partial charge in [-0.05, 0) is 12.1 Å². The molecule has 1 heterocycles. The Bertz CT molecular complexity index is 644. The van der Waals surface area contributed by atoms with E-state index in [-0.39, 0.29) is 11.7 Å². The van der Waals surface area contributed by atoms with Gasteiger partial charge in [-0.3, -0.25) is 15.7 Å². The average molecular weight is 311 g/mol. The topological polar surface area (TPSA) is 82.1 Å². The molecule has 120 valence electrons. The van der Waals surface area contributed by atoms with E-state index in [9.17, 15) is 0 Å². The van der Waals surface area contributed by atoms with Crippen molar-refractivity contribution in [3.05, 3.63) is 41.7 Å². The van der Waals surface area contributed by atoms with Crippen LogP contribution in [-0.4, -0.2) is 62.3 Å². The molecule has 0 aromatic heterocycles. The standard InChI is InChI=1S/C16H21N7/c1-21(2)10-19-13-14(20-11-22(3)4)16(18)23(15(13)17)12-8-6-5-7-9-12/h5-11,17-18H,1-4H3. The lowest BCUT2D eigenvalue weighted by Gasteiger charge is -2.18. The van der Waals surface area contributed by atoms with Gasteiger partial charge in [0.2, 0.25) is 0 Å². The Balaban J connectivity index is 2.46. The number of hydrogen-bond acceptors (Lipinski definition) is 4. The van der Waals surface area contributed by atoms with Crippen LogP contribution in [0.1, 0.15) is 0 Å². The molecule has 0 fully saturated rings. The SMILES string of the molecule is CN(C)C=NC1=C(N=CN(C)C)C(=N)N(c2ccccc2)C1=N. The highest BCUT2D eigenvalue weighted by atomic mass is 15.3. The zero-order chi connectivity index (χ0) is 17.0. The molecule has 0 saturated heterocycles. The lowest BCUT2D eigenvalue weighted by atomic mass is 10.3. The van der Waals surface area contributed by atoms with Crippen molar-refractivity contribution in [3.8, 4) is 0 Å². The highest BCUT2D eigenvalue weighted by molar-refractivity contribution is 6.34. The largest absolute Gasteiger partial charge is 0.369 e. The van der Waals surface area contributed by atoms with Gasteiger partial charge in [-0.25, -0.2) is 9.98 Å². The molecule has 0 radical (unpaired) electrons. The van der Waals surface area contributed by atoms with Crippen LogP contribution < -0.4 is 4.90 Å². The van der Waals surface area contributed by atoms with Gasteiger partial charge >= 0.3 is 0 Å². The molecule has 0 amide bonds. The normalized spacial score (nSPS) is 15.4. The van der Waals surface area contributed by atoms with Crippen LogP contribution in [0.2, 0.25) is 0 Å². The molecular formula is C16H21N7. The Morgan fingerprint density at radius 1 is 0.826 bits per heavy atom. The van der Waals surface area contributed by atoms with Crippen molar-refractivity contribution in [1.29, 1.82) is 10.8 Å². The third-order valence-electron chi connectivity index (χ3n) is 2.97. The van der Waals surface area contributed by atoms with E-state index in [1.807, 2.05) is 58.5 Å². The number of anilines is 1. The Labute approximate surface area is 136 Å². The summed E-state index contributed by atoms with van der Waals surface area (Å²) in [6, 6.07) is 9.36. The van der Waals surface area contributed by atoms with Crippen LogP contribution in [0, 0.1) is 10.8 Å². The van der Waals surface area contributed by atoms with Crippen LogP contribution in [0.15, 0.2) is 51.7 Å². The number of nitrogens with one attached hydrogen (secondary N) is 2. The Kier molecular flexibility index (Phi) is 4.90. The second-order valence-corrected chi connectivity index (χ2v) is 5.48. The van der Waals surface area contributed by atoms with Crippen LogP contribution in [0.4, 0.5) is 5.69 Å². The van der Waals surface area contributed by atoms with Gasteiger partial charge in [-0.2, -0.15) is 0 Å². The van der Waals surface area contributed by atoms with Gasteiger partial charge in [0.1, 0.15) is 11.4 Å². The molecule has 2 rings (SSSR count). The zero-order valence-corrected chi connectivity index (χ0v) is 13.8. The number of amidine groups is 2. The minimum atomic E-state index is 0.144. The fraction of sp³-hybridized carbons (Fsp3) is 0.250. The minimum Gasteiger partial charge on any atom is -0.369 e. The van der Waals surface area contributed by atoms with Crippen LogP contribution in [0.3, 0.4) is 0 Å². The molecule has 7 nitrogen and oxygen atoms in total. The lowest BCUT2D eigenvalue weighted by Crippen LogP contribution is -2.30. The number of benzene rings is 1. The van der Waals surface area contributed by atoms with E-state index in [0.717, 1.165) is 5.69 Å². The maximum absolute atomic E-state index is 8.40. The minimum absolute atomic E-state index is 0.144. The van der Waals surface area contributed by atoms with Crippen molar-refractivity contribution >= 4 is 30.0 Å². The Hall–Kier alpha value is -2.96. The predicted molar refractivity (Wildman–Crippen MR) is 95.8 cm³/mol. The molecule has 0 unspecified atom stereocenters. The molecule has 7 heteroatoms. The zero-order valence-electron chi connectivity index (χ0n) is 13.8. The fourth-order valence-electron chi connectivity index (χ4n) is 1.97. The smallest absolute Gasteiger partial charge is 0.159 e. The van der Waals surface area contributed by atoms with Gasteiger partial charge in [0.05, 0.1) is 12.7 Å². The highest BCUT2D eigenvalue weighted by Gasteiger charge is 2.33. The van der Waals surface area contributed by atoms with Crippen molar-refractivity contribution in [2.75, 3.05) is 33.1 Å². The molecule has 1 aliphatic rings. The van der Waals surface area contributed by atoms with E-state index in [4.69, 9.17) is 10.8 Å². The first-order valence-corrected chi connectivity index (χ1v) is 7.10. The fourth-order valence-corrected chi connectivity index (χ4v) is 1.97. The first kappa shape index (κ1) is 16.4. The Morgan fingerprint density at radius 2 is 1.26 bits per heavy atom. The molecule has 0 aliphatic carbocycles. The highest BCUT2D eigenvalue weighted by Crippen LogP contribution is 2.28. The third-order valence-corrected chi connectivity index (χ3v) is 2.97. The number of hydrogen-bond donors (Lipinski definition) is 2. The molecule has 1 aliphatic heterocycles. The number of para-hydroxylation sites is 1. The first-order chi connectivity index (χ1) is 10.9. The Morgan fingerprint density at radius 3 is 1.65 bits per heavy atom. The predicted octanol–water partition coefficient (Wildman–Crippen LogP) is 1.85. The average Bonchev–Trinajstić information content (AvgIpc) is 2.74. The van der Waals surface area contributed by atoms with Crippen LogP contribution in [0.5, 0.6) is 0 Å². The van der Waals surface area contributed by atoms with E-state index in [0.29, 0.717) is 11.4 Å².